The Morgan fingerprint density at radius 1 is 0.946 bits per heavy atom. The minimum atomic E-state index is -3.15. The number of anilines is 2. The highest BCUT2D eigenvalue weighted by Gasteiger charge is 2.29. The van der Waals surface area contributed by atoms with Gasteiger partial charge in [0.2, 0.25) is 16.0 Å². The molecule has 0 radical (unpaired) electrons. The SMILES string of the molecule is CCCS(=O)(=O)N1CCC(Nc2nc(NC3CCC(N)CC3)nc3c2ncn3C2CCCC2)CC1.Cl.Cl. The van der Waals surface area contributed by atoms with Crippen LogP contribution >= 0.6 is 24.8 Å². The van der Waals surface area contributed by atoms with Gasteiger partial charge in [-0.3, -0.25) is 0 Å². The van der Waals surface area contributed by atoms with Gasteiger partial charge < -0.3 is 20.9 Å². The molecule has 2 saturated carbocycles. The second-order valence-corrected chi connectivity index (χ2v) is 12.6. The first-order valence-corrected chi connectivity index (χ1v) is 15.0. The number of hydrogen-bond acceptors (Lipinski definition) is 8. The van der Waals surface area contributed by atoms with E-state index in [2.05, 4.69) is 15.2 Å². The molecule has 3 aliphatic rings. The molecule has 4 N–H and O–H groups in total. The van der Waals surface area contributed by atoms with E-state index in [1.807, 2.05) is 13.3 Å². The van der Waals surface area contributed by atoms with Gasteiger partial charge in [-0.1, -0.05) is 19.8 Å². The Bertz CT molecular complexity index is 1110. The van der Waals surface area contributed by atoms with Crippen molar-refractivity contribution in [3.63, 3.8) is 0 Å². The van der Waals surface area contributed by atoms with Crippen molar-refractivity contribution in [2.24, 2.45) is 5.73 Å². The molecule has 210 valence electrons. The Morgan fingerprint density at radius 3 is 2.24 bits per heavy atom. The van der Waals surface area contributed by atoms with E-state index in [1.54, 1.807) is 4.31 Å². The number of rotatable bonds is 8. The Morgan fingerprint density at radius 2 is 1.59 bits per heavy atom. The van der Waals surface area contributed by atoms with E-state index in [4.69, 9.17) is 20.7 Å². The second kappa shape index (κ2) is 13.1. The van der Waals surface area contributed by atoms with Crippen molar-refractivity contribution in [1.29, 1.82) is 0 Å². The van der Waals surface area contributed by atoms with Crippen molar-refractivity contribution in [3.05, 3.63) is 6.33 Å². The third-order valence-corrected chi connectivity index (χ3v) is 9.97. The van der Waals surface area contributed by atoms with Crippen LogP contribution in [0.15, 0.2) is 6.33 Å². The smallest absolute Gasteiger partial charge is 0.227 e. The number of nitrogens with two attached hydrogens (primary N) is 1. The monoisotopic (exact) mass is 576 g/mol. The van der Waals surface area contributed by atoms with Gasteiger partial charge in [0.15, 0.2) is 17.0 Å². The molecule has 0 amide bonds. The molecule has 2 aromatic heterocycles. The summed E-state index contributed by atoms with van der Waals surface area (Å²) in [6.07, 6.45) is 13.0. The molecule has 0 unspecified atom stereocenters. The largest absolute Gasteiger partial charge is 0.365 e. The van der Waals surface area contributed by atoms with Gasteiger partial charge in [0, 0.05) is 37.3 Å². The van der Waals surface area contributed by atoms with E-state index in [9.17, 15) is 8.42 Å². The summed E-state index contributed by atoms with van der Waals surface area (Å²) in [7, 11) is -3.15. The molecule has 13 heteroatoms. The van der Waals surface area contributed by atoms with Gasteiger partial charge in [-0.25, -0.2) is 17.7 Å². The van der Waals surface area contributed by atoms with E-state index >= 15 is 0 Å². The molecule has 2 aliphatic carbocycles. The number of nitrogens with zero attached hydrogens (tertiary/aromatic N) is 5. The van der Waals surface area contributed by atoms with Gasteiger partial charge in [-0.2, -0.15) is 9.97 Å². The summed E-state index contributed by atoms with van der Waals surface area (Å²) in [6, 6.07) is 1.22. The summed E-state index contributed by atoms with van der Waals surface area (Å²) in [5, 5.41) is 7.18. The lowest BCUT2D eigenvalue weighted by Crippen LogP contribution is -2.43. The number of fused-ring (bicyclic) bond motifs is 1. The molecular formula is C24H42Cl2N8O2S. The maximum absolute atomic E-state index is 12.5. The summed E-state index contributed by atoms with van der Waals surface area (Å²) in [5.74, 6) is 1.61. The normalized spacial score (nSPS) is 23.9. The number of aromatic nitrogens is 4. The van der Waals surface area contributed by atoms with Gasteiger partial charge in [0.25, 0.3) is 0 Å². The van der Waals surface area contributed by atoms with Crippen LogP contribution in [0.3, 0.4) is 0 Å². The molecule has 2 aromatic rings. The average Bonchev–Trinajstić information content (AvgIpc) is 3.51. The summed E-state index contributed by atoms with van der Waals surface area (Å²) >= 11 is 0. The molecule has 0 bridgehead atoms. The molecule has 1 aliphatic heterocycles. The molecule has 5 rings (SSSR count). The summed E-state index contributed by atoms with van der Waals surface area (Å²) < 4.78 is 28.8. The summed E-state index contributed by atoms with van der Waals surface area (Å²) in [5.41, 5.74) is 7.78. The lowest BCUT2D eigenvalue weighted by atomic mass is 9.92. The van der Waals surface area contributed by atoms with E-state index in [0.29, 0.717) is 43.6 Å². The lowest BCUT2D eigenvalue weighted by Gasteiger charge is -2.32. The van der Waals surface area contributed by atoms with Crippen LogP contribution in [0.2, 0.25) is 0 Å². The Labute approximate surface area is 232 Å². The number of halogens is 2. The first-order valence-electron chi connectivity index (χ1n) is 13.4. The van der Waals surface area contributed by atoms with Crippen LogP contribution in [0.4, 0.5) is 11.8 Å². The fourth-order valence-corrected chi connectivity index (χ4v) is 7.38. The van der Waals surface area contributed by atoms with E-state index in [-0.39, 0.29) is 36.6 Å². The quantitative estimate of drug-likeness (QED) is 0.428. The van der Waals surface area contributed by atoms with Crippen LogP contribution in [-0.4, -0.2) is 69.2 Å². The minimum absolute atomic E-state index is 0. The molecule has 0 aromatic carbocycles. The van der Waals surface area contributed by atoms with E-state index < -0.39 is 10.0 Å². The van der Waals surface area contributed by atoms with Crippen LogP contribution in [0, 0.1) is 0 Å². The first-order chi connectivity index (χ1) is 16.9. The summed E-state index contributed by atoms with van der Waals surface area (Å²) in [4.78, 5) is 14.5. The number of piperidine rings is 1. The molecule has 10 nitrogen and oxygen atoms in total. The predicted octanol–water partition coefficient (Wildman–Crippen LogP) is 4.08. The van der Waals surface area contributed by atoms with Crippen LogP contribution in [-0.2, 0) is 10.0 Å². The van der Waals surface area contributed by atoms with Crippen molar-refractivity contribution >= 4 is 57.8 Å². The predicted molar refractivity (Wildman–Crippen MR) is 153 cm³/mol. The topological polar surface area (TPSA) is 131 Å². The number of hydrogen-bond donors (Lipinski definition) is 3. The summed E-state index contributed by atoms with van der Waals surface area (Å²) in [6.45, 7) is 2.99. The Balaban J connectivity index is 0.00000190. The van der Waals surface area contributed by atoms with E-state index in [1.165, 1.54) is 12.8 Å². The highest BCUT2D eigenvalue weighted by molar-refractivity contribution is 7.89. The van der Waals surface area contributed by atoms with Crippen LogP contribution in [0.5, 0.6) is 0 Å². The Hall–Kier alpha value is -1.40. The third-order valence-electron chi connectivity index (χ3n) is 7.89. The zero-order valence-electron chi connectivity index (χ0n) is 21.6. The molecular weight excluding hydrogens is 535 g/mol. The van der Waals surface area contributed by atoms with Gasteiger partial charge in [0.1, 0.15) is 0 Å². The average molecular weight is 578 g/mol. The van der Waals surface area contributed by atoms with Crippen molar-refractivity contribution in [1.82, 2.24) is 23.8 Å². The Kier molecular flexibility index (Phi) is 10.7. The molecule has 0 atom stereocenters. The zero-order chi connectivity index (χ0) is 24.4. The van der Waals surface area contributed by atoms with Crippen molar-refractivity contribution in [2.45, 2.75) is 102 Å². The zero-order valence-corrected chi connectivity index (χ0v) is 24.1. The molecule has 3 fully saturated rings. The molecule has 3 heterocycles. The fraction of sp³-hybridized carbons (Fsp3) is 0.792. The maximum Gasteiger partial charge on any atom is 0.227 e. The van der Waals surface area contributed by atoms with Gasteiger partial charge in [0.05, 0.1) is 12.1 Å². The highest BCUT2D eigenvalue weighted by Crippen LogP contribution is 2.34. The maximum atomic E-state index is 12.5. The molecule has 37 heavy (non-hydrogen) atoms. The number of nitrogens with one attached hydrogen (secondary N) is 2. The van der Waals surface area contributed by atoms with Crippen molar-refractivity contribution < 1.29 is 8.42 Å². The molecule has 1 saturated heterocycles. The number of sulfonamides is 1. The van der Waals surface area contributed by atoms with Gasteiger partial charge in [-0.15, -0.1) is 24.8 Å². The third kappa shape index (κ3) is 6.98. The highest BCUT2D eigenvalue weighted by atomic mass is 35.5. The van der Waals surface area contributed by atoms with Crippen LogP contribution < -0.4 is 16.4 Å². The van der Waals surface area contributed by atoms with Crippen LogP contribution in [0.1, 0.15) is 83.6 Å². The van der Waals surface area contributed by atoms with E-state index in [0.717, 1.165) is 68.3 Å². The van der Waals surface area contributed by atoms with Crippen molar-refractivity contribution in [2.75, 3.05) is 29.5 Å². The van der Waals surface area contributed by atoms with Crippen LogP contribution in [0.25, 0.3) is 11.2 Å². The van der Waals surface area contributed by atoms with Crippen molar-refractivity contribution in [3.8, 4) is 0 Å². The minimum Gasteiger partial charge on any atom is -0.365 e. The second-order valence-electron chi connectivity index (χ2n) is 10.5. The number of imidazole rings is 1. The standard InChI is InChI=1S/C24H40N8O2S.2ClH/c1-2-15-35(33,34)31-13-11-19(12-14-31)27-22-21-23(32(16-26-21)20-5-3-4-6-20)30-24(29-22)28-18-9-7-17(25)8-10-18;;/h16-20H,2-15,25H2,1H3,(H2,27,28,29,30);2*1H. The lowest BCUT2D eigenvalue weighted by molar-refractivity contribution is 0.329. The van der Waals surface area contributed by atoms with Gasteiger partial charge in [-0.05, 0) is 57.8 Å². The first kappa shape index (κ1) is 30.1. The fourth-order valence-electron chi connectivity index (χ4n) is 5.84. The molecule has 0 spiro atoms. The van der Waals surface area contributed by atoms with Gasteiger partial charge >= 0.3 is 0 Å².